The molecule has 2 aromatic carbocycles. The van der Waals surface area contributed by atoms with Gasteiger partial charge in [-0.25, -0.2) is 14.4 Å². The van der Waals surface area contributed by atoms with Gasteiger partial charge in [-0.2, -0.15) is 0 Å². The van der Waals surface area contributed by atoms with Gasteiger partial charge in [0.2, 0.25) is 0 Å². The molecule has 2 rings (SSSR count). The van der Waals surface area contributed by atoms with Gasteiger partial charge in [-0.3, -0.25) is 0 Å². The molecule has 4 N–H and O–H groups in total. The first-order chi connectivity index (χ1) is 13.7. The summed E-state index contributed by atoms with van der Waals surface area (Å²) in [5.74, 6) is -2.64. The predicted molar refractivity (Wildman–Crippen MR) is 108 cm³/mol. The van der Waals surface area contributed by atoms with Crippen LogP contribution in [-0.4, -0.2) is 63.4 Å². The molecule has 0 saturated carbocycles. The van der Waals surface area contributed by atoms with Gasteiger partial charge in [0.15, 0.2) is 6.10 Å². The first-order valence-corrected chi connectivity index (χ1v) is 9.34. The molecule has 0 saturated heterocycles. The van der Waals surface area contributed by atoms with Gasteiger partial charge in [0.05, 0.1) is 6.54 Å². The second kappa shape index (κ2) is 9.88. The molecule has 0 spiro atoms. The van der Waals surface area contributed by atoms with Crippen LogP contribution in [0.15, 0.2) is 42.5 Å². The number of benzene rings is 2. The first-order valence-electron chi connectivity index (χ1n) is 9.34. The number of fused-ring (bicyclic) bond motifs is 1. The third-order valence-corrected chi connectivity index (χ3v) is 4.40. The number of aliphatic carboxylic acids is 2. The molecule has 2 atom stereocenters. The first kappa shape index (κ1) is 22.2. The molecule has 8 heteroatoms. The lowest BCUT2D eigenvalue weighted by Gasteiger charge is -2.27. The van der Waals surface area contributed by atoms with Crippen molar-refractivity contribution < 1.29 is 29.7 Å². The summed E-state index contributed by atoms with van der Waals surface area (Å²) in [5.41, 5.74) is 0.748. The minimum absolute atomic E-state index is 0.00510. The second-order valence-corrected chi connectivity index (χ2v) is 7.38. The van der Waals surface area contributed by atoms with Crippen LogP contribution in [0, 0.1) is 5.92 Å². The highest BCUT2D eigenvalue weighted by atomic mass is 16.4. The Hall–Kier alpha value is -3.13. The Labute approximate surface area is 168 Å². The fourth-order valence-electron chi connectivity index (χ4n) is 3.01. The predicted octanol–water partition coefficient (Wildman–Crippen LogP) is 1.95. The maximum atomic E-state index is 12.6. The average molecular weight is 402 g/mol. The molecule has 0 aliphatic heterocycles. The third-order valence-electron chi connectivity index (χ3n) is 4.40. The molecule has 0 aliphatic carbocycles. The molecule has 8 nitrogen and oxygen atoms in total. The lowest BCUT2D eigenvalue weighted by atomic mass is 10.0. The molecule has 2 amide bonds. The highest BCUT2D eigenvalue weighted by Gasteiger charge is 2.27. The fourth-order valence-corrected chi connectivity index (χ4v) is 3.01. The lowest BCUT2D eigenvalue weighted by Crippen LogP contribution is -2.52. The summed E-state index contributed by atoms with van der Waals surface area (Å²) in [7, 11) is 0. The van der Waals surface area contributed by atoms with Crippen LogP contribution in [0.5, 0.6) is 0 Å². The largest absolute Gasteiger partial charge is 0.480 e. The Balaban J connectivity index is 2.14. The maximum Gasteiger partial charge on any atom is 0.334 e. The minimum atomic E-state index is -1.75. The van der Waals surface area contributed by atoms with Gasteiger partial charge in [0.1, 0.15) is 6.04 Å². The van der Waals surface area contributed by atoms with E-state index < -0.39 is 36.7 Å². The number of hydrogen-bond donors (Lipinski definition) is 4. The molecular formula is C21H26N2O6. The standard InChI is InChI=1S/C21H26N2O6/c1-13(2)11-23(12-18(24)20(27)28)21(29)22-17(19(25)26)10-14-7-8-15-5-3-4-6-16(15)9-14/h3-9,13,17-18,24H,10-12H2,1-2H3,(H,22,29)(H,25,26)(H,27,28)/t17-,18?/m0/s1. The van der Waals surface area contributed by atoms with Crippen molar-refractivity contribution in [2.45, 2.75) is 32.4 Å². The van der Waals surface area contributed by atoms with E-state index in [9.17, 15) is 24.6 Å². The number of rotatable bonds is 9. The van der Waals surface area contributed by atoms with Gasteiger partial charge >= 0.3 is 18.0 Å². The topological polar surface area (TPSA) is 127 Å². The van der Waals surface area contributed by atoms with Crippen LogP contribution in [0.4, 0.5) is 4.79 Å². The summed E-state index contributed by atoms with van der Waals surface area (Å²) < 4.78 is 0. The van der Waals surface area contributed by atoms with Gasteiger partial charge < -0.3 is 25.5 Å². The zero-order valence-corrected chi connectivity index (χ0v) is 16.4. The molecule has 0 aromatic heterocycles. The van der Waals surface area contributed by atoms with Gasteiger partial charge in [-0.15, -0.1) is 0 Å². The number of aliphatic hydroxyl groups excluding tert-OH is 1. The van der Waals surface area contributed by atoms with Crippen molar-refractivity contribution >= 4 is 28.7 Å². The molecule has 1 unspecified atom stereocenters. The highest BCUT2D eigenvalue weighted by molar-refractivity contribution is 5.85. The molecule has 0 radical (unpaired) electrons. The van der Waals surface area contributed by atoms with E-state index in [1.807, 2.05) is 56.3 Å². The van der Waals surface area contributed by atoms with Crippen LogP contribution in [0.3, 0.4) is 0 Å². The van der Waals surface area contributed by atoms with Crippen molar-refractivity contribution in [3.05, 3.63) is 48.0 Å². The highest BCUT2D eigenvalue weighted by Crippen LogP contribution is 2.17. The van der Waals surface area contributed by atoms with E-state index in [2.05, 4.69) is 5.32 Å². The van der Waals surface area contributed by atoms with Crippen LogP contribution < -0.4 is 5.32 Å². The maximum absolute atomic E-state index is 12.6. The molecule has 156 valence electrons. The minimum Gasteiger partial charge on any atom is -0.480 e. The monoisotopic (exact) mass is 402 g/mol. The lowest BCUT2D eigenvalue weighted by molar-refractivity contribution is -0.147. The molecule has 0 heterocycles. The number of carbonyl (C=O) groups excluding carboxylic acids is 1. The summed E-state index contributed by atoms with van der Waals surface area (Å²) in [6, 6.07) is 11.3. The SMILES string of the molecule is CC(C)CN(CC(O)C(=O)O)C(=O)N[C@@H](Cc1ccc2ccccc2c1)C(=O)O. The van der Waals surface area contributed by atoms with E-state index in [1.165, 1.54) is 0 Å². The average Bonchev–Trinajstić information content (AvgIpc) is 2.66. The Morgan fingerprint density at radius 1 is 0.966 bits per heavy atom. The van der Waals surface area contributed by atoms with E-state index >= 15 is 0 Å². The van der Waals surface area contributed by atoms with Gasteiger partial charge in [-0.1, -0.05) is 56.3 Å². The summed E-state index contributed by atoms with van der Waals surface area (Å²) >= 11 is 0. The Morgan fingerprint density at radius 3 is 2.21 bits per heavy atom. The normalized spacial score (nSPS) is 13.1. The molecule has 0 bridgehead atoms. The van der Waals surface area contributed by atoms with Crippen molar-refractivity contribution in [3.8, 4) is 0 Å². The van der Waals surface area contributed by atoms with Crippen LogP contribution in [0.2, 0.25) is 0 Å². The zero-order chi connectivity index (χ0) is 21.6. The van der Waals surface area contributed by atoms with Crippen molar-refractivity contribution in [1.29, 1.82) is 0 Å². The number of nitrogens with one attached hydrogen (secondary N) is 1. The molecule has 0 fully saturated rings. The third kappa shape index (κ3) is 6.46. The summed E-state index contributed by atoms with van der Waals surface area (Å²) in [5, 5.41) is 32.5. The van der Waals surface area contributed by atoms with Crippen LogP contribution in [0.25, 0.3) is 10.8 Å². The Kier molecular flexibility index (Phi) is 7.55. The number of carboxylic acids is 2. The number of urea groups is 1. The summed E-state index contributed by atoms with van der Waals surface area (Å²) in [6.45, 7) is 3.41. The Bertz CT molecular complexity index is 882. The van der Waals surface area contributed by atoms with Gasteiger partial charge in [0.25, 0.3) is 0 Å². The number of nitrogens with zero attached hydrogens (tertiary/aromatic N) is 1. The summed E-state index contributed by atoms with van der Waals surface area (Å²) in [6.07, 6.45) is -1.67. The molecule has 29 heavy (non-hydrogen) atoms. The smallest absolute Gasteiger partial charge is 0.334 e. The summed E-state index contributed by atoms with van der Waals surface area (Å²) in [4.78, 5) is 36.3. The quantitative estimate of drug-likeness (QED) is 0.508. The van der Waals surface area contributed by atoms with Crippen molar-refractivity contribution in [3.63, 3.8) is 0 Å². The van der Waals surface area contributed by atoms with E-state index in [-0.39, 0.29) is 18.9 Å². The zero-order valence-electron chi connectivity index (χ0n) is 16.4. The second-order valence-electron chi connectivity index (χ2n) is 7.38. The molecular weight excluding hydrogens is 376 g/mol. The van der Waals surface area contributed by atoms with E-state index in [1.54, 1.807) is 0 Å². The van der Waals surface area contributed by atoms with Gasteiger partial charge in [0, 0.05) is 13.0 Å². The fraction of sp³-hybridized carbons (Fsp3) is 0.381. The van der Waals surface area contributed by atoms with Crippen LogP contribution >= 0.6 is 0 Å². The number of aliphatic hydroxyl groups is 1. The number of carbonyl (C=O) groups is 3. The number of carboxylic acid groups (broad SMARTS) is 2. The van der Waals surface area contributed by atoms with E-state index in [0.29, 0.717) is 0 Å². The van der Waals surface area contributed by atoms with Crippen molar-refractivity contribution in [2.24, 2.45) is 5.92 Å². The van der Waals surface area contributed by atoms with Crippen molar-refractivity contribution in [2.75, 3.05) is 13.1 Å². The van der Waals surface area contributed by atoms with Crippen LogP contribution in [-0.2, 0) is 16.0 Å². The molecule has 2 aromatic rings. The van der Waals surface area contributed by atoms with Gasteiger partial charge in [-0.05, 0) is 22.3 Å². The molecule has 0 aliphatic rings. The number of amides is 2. The van der Waals surface area contributed by atoms with Crippen LogP contribution in [0.1, 0.15) is 19.4 Å². The number of hydrogen-bond acceptors (Lipinski definition) is 4. The Morgan fingerprint density at radius 2 is 1.62 bits per heavy atom. The van der Waals surface area contributed by atoms with E-state index in [4.69, 9.17) is 5.11 Å². The van der Waals surface area contributed by atoms with Crippen molar-refractivity contribution in [1.82, 2.24) is 10.2 Å². The van der Waals surface area contributed by atoms with E-state index in [0.717, 1.165) is 21.2 Å².